The third-order valence-corrected chi connectivity index (χ3v) is 5.01. The zero-order chi connectivity index (χ0) is 20.1. The van der Waals surface area contributed by atoms with Crippen LogP contribution in [-0.4, -0.2) is 29.5 Å². The summed E-state index contributed by atoms with van der Waals surface area (Å²) in [5.41, 5.74) is 2.32. The van der Waals surface area contributed by atoms with E-state index in [4.69, 9.17) is 4.74 Å². The molecule has 0 saturated carbocycles. The quantitative estimate of drug-likeness (QED) is 0.503. The van der Waals surface area contributed by atoms with Crippen molar-refractivity contribution in [2.24, 2.45) is 0 Å². The second-order valence-corrected chi connectivity index (χ2v) is 6.95. The molecule has 0 aliphatic rings. The van der Waals surface area contributed by atoms with Crippen molar-refractivity contribution in [3.8, 4) is 11.8 Å². The Kier molecular flexibility index (Phi) is 5.92. The van der Waals surface area contributed by atoms with Crippen LogP contribution >= 0.6 is 11.8 Å². The zero-order valence-electron chi connectivity index (χ0n) is 15.4. The molecule has 3 rings (SSSR count). The van der Waals surface area contributed by atoms with E-state index in [0.29, 0.717) is 27.6 Å². The van der Waals surface area contributed by atoms with Crippen LogP contribution in [0.15, 0.2) is 53.6 Å². The van der Waals surface area contributed by atoms with Crippen LogP contribution in [0.5, 0.6) is 5.75 Å². The molecule has 0 spiro atoms. The number of carbonyl (C=O) groups is 2. The number of nitrogens with zero attached hydrogens (tertiary/aromatic N) is 2. The Bertz CT molecular complexity index is 1090. The maximum Gasteiger partial charge on any atom is 0.234 e. The molecular weight excluding hydrogens is 374 g/mol. The summed E-state index contributed by atoms with van der Waals surface area (Å²) in [7, 11) is 1.58. The number of nitriles is 1. The predicted molar refractivity (Wildman–Crippen MR) is 109 cm³/mol. The number of hydrogen-bond donors (Lipinski definition) is 1. The number of benzene rings is 2. The van der Waals surface area contributed by atoms with Gasteiger partial charge in [-0.3, -0.25) is 9.59 Å². The molecular formula is C21H17N3O3S. The molecule has 0 unspecified atom stereocenters. The van der Waals surface area contributed by atoms with Crippen molar-refractivity contribution in [1.29, 1.82) is 5.26 Å². The van der Waals surface area contributed by atoms with E-state index in [0.717, 1.165) is 10.9 Å². The van der Waals surface area contributed by atoms with E-state index < -0.39 is 0 Å². The molecule has 0 radical (unpaired) electrons. The van der Waals surface area contributed by atoms with Gasteiger partial charge in [-0.25, -0.2) is 4.98 Å². The number of Topliss-reactive ketones (excluding diaryl/α,β-unsaturated/α-hetero) is 1. The Balaban J connectivity index is 1.70. The minimum absolute atomic E-state index is 0.0301. The molecule has 1 aromatic heterocycles. The highest BCUT2D eigenvalue weighted by Crippen LogP contribution is 2.27. The highest BCUT2D eigenvalue weighted by atomic mass is 32.2. The molecule has 140 valence electrons. The highest BCUT2D eigenvalue weighted by molar-refractivity contribution is 8.00. The van der Waals surface area contributed by atoms with Crippen LogP contribution in [0.2, 0.25) is 0 Å². The first-order valence-electron chi connectivity index (χ1n) is 8.42. The molecule has 0 aliphatic heterocycles. The maximum absolute atomic E-state index is 12.2. The van der Waals surface area contributed by atoms with Gasteiger partial charge in [-0.2, -0.15) is 5.26 Å². The lowest BCUT2D eigenvalue weighted by Gasteiger charge is -2.08. The topological polar surface area (TPSA) is 92.1 Å². The number of carbonyl (C=O) groups excluding carboxylic acids is 2. The number of hydrogen-bond acceptors (Lipinski definition) is 6. The van der Waals surface area contributed by atoms with E-state index in [-0.39, 0.29) is 17.4 Å². The van der Waals surface area contributed by atoms with Gasteiger partial charge in [-0.15, -0.1) is 0 Å². The molecule has 2 aromatic carbocycles. The molecule has 0 atom stereocenters. The number of anilines is 1. The third kappa shape index (κ3) is 4.48. The Labute approximate surface area is 166 Å². The summed E-state index contributed by atoms with van der Waals surface area (Å²) in [5, 5.41) is 13.5. The van der Waals surface area contributed by atoms with Gasteiger partial charge in [0.15, 0.2) is 5.78 Å². The minimum Gasteiger partial charge on any atom is -0.497 e. The van der Waals surface area contributed by atoms with E-state index in [1.807, 2.05) is 12.1 Å². The van der Waals surface area contributed by atoms with Crippen molar-refractivity contribution in [1.82, 2.24) is 4.98 Å². The molecule has 0 fully saturated rings. The van der Waals surface area contributed by atoms with Crippen LogP contribution in [0, 0.1) is 11.3 Å². The minimum atomic E-state index is -0.221. The van der Waals surface area contributed by atoms with Crippen LogP contribution in [0.4, 0.5) is 5.69 Å². The van der Waals surface area contributed by atoms with Crippen molar-refractivity contribution in [2.75, 3.05) is 18.2 Å². The van der Waals surface area contributed by atoms with E-state index in [9.17, 15) is 14.9 Å². The van der Waals surface area contributed by atoms with Gasteiger partial charge in [-0.1, -0.05) is 11.8 Å². The first-order valence-corrected chi connectivity index (χ1v) is 9.41. The summed E-state index contributed by atoms with van der Waals surface area (Å²) in [5.74, 6) is 0.546. The van der Waals surface area contributed by atoms with E-state index in [2.05, 4.69) is 16.4 Å². The summed E-state index contributed by atoms with van der Waals surface area (Å²) < 4.78 is 5.19. The summed E-state index contributed by atoms with van der Waals surface area (Å²) >= 11 is 1.20. The summed E-state index contributed by atoms with van der Waals surface area (Å²) in [4.78, 5) is 28.0. The van der Waals surface area contributed by atoms with Crippen LogP contribution in [-0.2, 0) is 4.79 Å². The number of pyridine rings is 1. The summed E-state index contributed by atoms with van der Waals surface area (Å²) in [6, 6.07) is 16.0. The Morgan fingerprint density at radius 2 is 1.93 bits per heavy atom. The van der Waals surface area contributed by atoms with Crippen LogP contribution in [0.1, 0.15) is 22.8 Å². The van der Waals surface area contributed by atoms with Gasteiger partial charge in [0, 0.05) is 16.6 Å². The largest absolute Gasteiger partial charge is 0.497 e. The molecule has 1 N–H and O–H groups in total. The van der Waals surface area contributed by atoms with Crippen molar-refractivity contribution in [3.05, 3.63) is 59.7 Å². The van der Waals surface area contributed by atoms with Gasteiger partial charge < -0.3 is 10.1 Å². The fourth-order valence-electron chi connectivity index (χ4n) is 2.57. The first-order chi connectivity index (χ1) is 13.5. The molecule has 6 nitrogen and oxygen atoms in total. The Morgan fingerprint density at radius 3 is 2.57 bits per heavy atom. The number of amides is 1. The zero-order valence-corrected chi connectivity index (χ0v) is 16.2. The molecule has 0 saturated heterocycles. The molecule has 7 heteroatoms. The SMILES string of the molecule is COc1ccc2nc(SCC(=O)Nc3ccc(C(C)=O)cc3)c(C#N)cc2c1. The summed E-state index contributed by atoms with van der Waals surface area (Å²) in [6.45, 7) is 1.49. The number of aromatic nitrogens is 1. The summed E-state index contributed by atoms with van der Waals surface area (Å²) in [6.07, 6.45) is 0. The molecule has 3 aromatic rings. The van der Waals surface area contributed by atoms with Gasteiger partial charge in [0.2, 0.25) is 5.91 Å². The molecule has 28 heavy (non-hydrogen) atoms. The number of nitrogens with one attached hydrogen (secondary N) is 1. The van der Waals surface area contributed by atoms with Crippen LogP contribution in [0.25, 0.3) is 10.9 Å². The van der Waals surface area contributed by atoms with Crippen molar-refractivity contribution >= 4 is 40.0 Å². The Morgan fingerprint density at radius 1 is 1.18 bits per heavy atom. The third-order valence-electron chi connectivity index (χ3n) is 4.02. The van der Waals surface area contributed by atoms with Gasteiger partial charge in [0.25, 0.3) is 0 Å². The van der Waals surface area contributed by atoms with Gasteiger partial charge in [0.1, 0.15) is 16.8 Å². The second-order valence-electron chi connectivity index (χ2n) is 5.98. The fourth-order valence-corrected chi connectivity index (χ4v) is 3.34. The van der Waals surface area contributed by atoms with Crippen LogP contribution < -0.4 is 10.1 Å². The average Bonchev–Trinajstić information content (AvgIpc) is 2.71. The molecule has 0 aliphatic carbocycles. The van der Waals surface area contributed by atoms with Crippen molar-refractivity contribution in [2.45, 2.75) is 11.9 Å². The smallest absolute Gasteiger partial charge is 0.234 e. The lowest BCUT2D eigenvalue weighted by atomic mass is 10.1. The van der Waals surface area contributed by atoms with Gasteiger partial charge >= 0.3 is 0 Å². The number of thioether (sulfide) groups is 1. The average molecular weight is 391 g/mol. The van der Waals surface area contributed by atoms with E-state index in [1.54, 1.807) is 43.5 Å². The number of ketones is 1. The number of rotatable bonds is 6. The van der Waals surface area contributed by atoms with Crippen molar-refractivity contribution in [3.63, 3.8) is 0 Å². The normalized spacial score (nSPS) is 10.3. The lowest BCUT2D eigenvalue weighted by molar-refractivity contribution is -0.113. The first kappa shape index (κ1) is 19.4. The standard InChI is InChI=1S/C21H17N3O3S/c1-13(25)14-3-5-17(6-4-14)23-20(26)12-28-21-16(11-22)9-15-10-18(27-2)7-8-19(15)24-21/h3-10H,12H2,1-2H3,(H,23,26). The number of methoxy groups -OCH3 is 1. The van der Waals surface area contributed by atoms with Gasteiger partial charge in [0.05, 0.1) is 23.9 Å². The van der Waals surface area contributed by atoms with E-state index >= 15 is 0 Å². The number of ether oxygens (including phenoxy) is 1. The predicted octanol–water partition coefficient (Wildman–Crippen LogP) is 4.05. The fraction of sp³-hybridized carbons (Fsp3) is 0.143. The van der Waals surface area contributed by atoms with Crippen LogP contribution in [0.3, 0.4) is 0 Å². The monoisotopic (exact) mass is 391 g/mol. The number of fused-ring (bicyclic) bond motifs is 1. The highest BCUT2D eigenvalue weighted by Gasteiger charge is 2.11. The molecule has 1 heterocycles. The molecule has 0 bridgehead atoms. The Hall–Kier alpha value is -3.37. The second kappa shape index (κ2) is 8.55. The van der Waals surface area contributed by atoms with Gasteiger partial charge in [-0.05, 0) is 55.5 Å². The van der Waals surface area contributed by atoms with E-state index in [1.165, 1.54) is 18.7 Å². The lowest BCUT2D eigenvalue weighted by Crippen LogP contribution is -2.14. The maximum atomic E-state index is 12.2. The van der Waals surface area contributed by atoms with Crippen molar-refractivity contribution < 1.29 is 14.3 Å². The molecule has 1 amide bonds.